The van der Waals surface area contributed by atoms with Gasteiger partial charge < -0.3 is 0 Å². The lowest BCUT2D eigenvalue weighted by molar-refractivity contribution is 0.661. The van der Waals surface area contributed by atoms with Gasteiger partial charge in [-0.1, -0.05) is 190 Å². The van der Waals surface area contributed by atoms with Crippen molar-refractivity contribution >= 4 is 54.1 Å². The minimum atomic E-state index is -0.126. The topological polar surface area (TPSA) is 43.6 Å². The van der Waals surface area contributed by atoms with Gasteiger partial charge in [-0.15, -0.1) is 0 Å². The normalized spacial score (nSPS) is 13.1. The summed E-state index contributed by atoms with van der Waals surface area (Å²) in [5.41, 5.74) is 11.5. The number of hydrogen-bond acceptors (Lipinski definition) is 3. The summed E-state index contributed by atoms with van der Waals surface area (Å²) < 4.78 is 2.33. The van der Waals surface area contributed by atoms with Gasteiger partial charge in [0.15, 0.2) is 11.6 Å². The van der Waals surface area contributed by atoms with Crippen molar-refractivity contribution in [3.8, 4) is 51.0 Å². The van der Waals surface area contributed by atoms with Crippen molar-refractivity contribution in [1.82, 2.24) is 19.5 Å². The molecule has 0 amide bonds. The lowest BCUT2D eigenvalue weighted by Crippen LogP contribution is -2.14. The number of rotatable bonds is 4. The molecule has 272 valence electrons. The van der Waals surface area contributed by atoms with Crippen LogP contribution >= 0.6 is 0 Å². The Hall–Kier alpha value is -7.43. The molecule has 0 radical (unpaired) electrons. The van der Waals surface area contributed by atoms with Crippen molar-refractivity contribution in [2.45, 2.75) is 19.3 Å². The maximum atomic E-state index is 5.38. The molecule has 0 fully saturated rings. The Labute approximate surface area is 335 Å². The average molecular weight is 741 g/mol. The standard InChI is InChI=1S/C54H36N4/c1-54(2)45-30-29-36(32-44(45)47-37-21-10-9-16-33(37)28-31-46(47)54)38-26-15-27-43-48-41-24-13-11-22-39(41)40-23-12-14-25-42(40)50(48)58(49(38)43)53-56-51(34-17-5-3-6-18-34)55-52(57-53)35-19-7-4-8-20-35/h3-32H,1-2H3. The van der Waals surface area contributed by atoms with Crippen LogP contribution in [0.1, 0.15) is 25.0 Å². The van der Waals surface area contributed by atoms with Crippen LogP contribution in [0, 0.1) is 0 Å². The summed E-state index contributed by atoms with van der Waals surface area (Å²) >= 11 is 0. The first kappa shape index (κ1) is 32.8. The molecule has 11 aromatic rings. The van der Waals surface area contributed by atoms with E-state index in [2.05, 4.69) is 164 Å². The Morgan fingerprint density at radius 2 is 0.966 bits per heavy atom. The molecular weight excluding hydrogens is 705 g/mol. The van der Waals surface area contributed by atoms with E-state index in [1.807, 2.05) is 36.4 Å². The lowest BCUT2D eigenvalue weighted by atomic mass is 9.82. The predicted molar refractivity (Wildman–Crippen MR) is 241 cm³/mol. The zero-order valence-corrected chi connectivity index (χ0v) is 32.1. The molecule has 0 unspecified atom stereocenters. The molecule has 2 heterocycles. The maximum absolute atomic E-state index is 5.38. The fourth-order valence-electron chi connectivity index (χ4n) is 9.75. The predicted octanol–water partition coefficient (Wildman–Crippen LogP) is 13.7. The minimum Gasteiger partial charge on any atom is -0.277 e. The molecule has 2 aromatic heterocycles. The minimum absolute atomic E-state index is 0.126. The van der Waals surface area contributed by atoms with Crippen molar-refractivity contribution in [2.75, 3.05) is 0 Å². The monoisotopic (exact) mass is 740 g/mol. The number of para-hydroxylation sites is 1. The molecule has 4 heteroatoms. The van der Waals surface area contributed by atoms with Crippen molar-refractivity contribution in [2.24, 2.45) is 0 Å². The summed E-state index contributed by atoms with van der Waals surface area (Å²) in [5.74, 6) is 1.84. The summed E-state index contributed by atoms with van der Waals surface area (Å²) in [4.78, 5) is 15.9. The van der Waals surface area contributed by atoms with Crippen LogP contribution in [0.2, 0.25) is 0 Å². The molecule has 58 heavy (non-hydrogen) atoms. The van der Waals surface area contributed by atoms with Crippen LogP contribution in [-0.4, -0.2) is 19.5 Å². The van der Waals surface area contributed by atoms with Gasteiger partial charge in [0, 0.05) is 38.3 Å². The van der Waals surface area contributed by atoms with Gasteiger partial charge >= 0.3 is 0 Å². The van der Waals surface area contributed by atoms with E-state index in [0.29, 0.717) is 17.6 Å². The van der Waals surface area contributed by atoms with Gasteiger partial charge in [0.1, 0.15) is 0 Å². The van der Waals surface area contributed by atoms with E-state index in [1.165, 1.54) is 54.6 Å². The van der Waals surface area contributed by atoms with Crippen LogP contribution in [0.25, 0.3) is 105 Å². The van der Waals surface area contributed by atoms with Gasteiger partial charge in [-0.05, 0) is 60.8 Å². The Kier molecular flexibility index (Phi) is 6.94. The SMILES string of the molecule is CC1(C)c2ccc(-c3cccc4c5c6ccccc6c6ccccc6c5n(-c5nc(-c6ccccc6)nc(-c6ccccc6)n5)c34)cc2-c2c1ccc1ccccc21. The van der Waals surface area contributed by atoms with Crippen molar-refractivity contribution < 1.29 is 0 Å². The second-order valence-corrected chi connectivity index (χ2v) is 16.0. The fourth-order valence-corrected chi connectivity index (χ4v) is 9.75. The third-order valence-corrected chi connectivity index (χ3v) is 12.4. The summed E-state index contributed by atoms with van der Waals surface area (Å²) in [6, 6.07) is 65.3. The molecule has 0 saturated carbocycles. The summed E-state index contributed by atoms with van der Waals surface area (Å²) in [6.07, 6.45) is 0. The van der Waals surface area contributed by atoms with E-state index in [4.69, 9.17) is 15.0 Å². The molecule has 1 aliphatic rings. The number of nitrogens with zero attached hydrogens (tertiary/aromatic N) is 4. The second-order valence-electron chi connectivity index (χ2n) is 16.0. The van der Waals surface area contributed by atoms with Crippen LogP contribution in [0.3, 0.4) is 0 Å². The van der Waals surface area contributed by atoms with Crippen LogP contribution in [0.5, 0.6) is 0 Å². The van der Waals surface area contributed by atoms with E-state index in [9.17, 15) is 0 Å². The summed E-state index contributed by atoms with van der Waals surface area (Å²) in [6.45, 7) is 4.71. The molecule has 0 aliphatic heterocycles. The van der Waals surface area contributed by atoms with Crippen molar-refractivity contribution in [1.29, 1.82) is 0 Å². The zero-order valence-electron chi connectivity index (χ0n) is 32.1. The van der Waals surface area contributed by atoms with Crippen LogP contribution in [0.4, 0.5) is 0 Å². The number of hydrogen-bond donors (Lipinski definition) is 0. The quantitative estimate of drug-likeness (QED) is 0.169. The highest BCUT2D eigenvalue weighted by atomic mass is 15.2. The molecule has 0 N–H and O–H groups in total. The average Bonchev–Trinajstić information content (AvgIpc) is 3.76. The van der Waals surface area contributed by atoms with Gasteiger partial charge in [-0.2, -0.15) is 9.97 Å². The second kappa shape index (κ2) is 12.3. The highest BCUT2D eigenvalue weighted by Gasteiger charge is 2.37. The van der Waals surface area contributed by atoms with Crippen LogP contribution in [0.15, 0.2) is 182 Å². The number of benzene rings is 9. The third kappa shape index (κ3) is 4.66. The molecule has 9 aromatic carbocycles. The zero-order chi connectivity index (χ0) is 38.5. The van der Waals surface area contributed by atoms with Crippen molar-refractivity contribution in [3.63, 3.8) is 0 Å². The Balaban J connectivity index is 1.24. The Morgan fingerprint density at radius 1 is 0.397 bits per heavy atom. The smallest absolute Gasteiger partial charge is 0.238 e. The highest BCUT2D eigenvalue weighted by molar-refractivity contribution is 6.33. The van der Waals surface area contributed by atoms with Crippen LogP contribution in [-0.2, 0) is 5.41 Å². The number of fused-ring (bicyclic) bond motifs is 13. The molecule has 12 rings (SSSR count). The van der Waals surface area contributed by atoms with Gasteiger partial charge in [-0.3, -0.25) is 4.57 Å². The summed E-state index contributed by atoms with van der Waals surface area (Å²) in [7, 11) is 0. The summed E-state index contributed by atoms with van der Waals surface area (Å²) in [5, 5.41) is 9.67. The lowest BCUT2D eigenvalue weighted by Gasteiger charge is -2.21. The Morgan fingerprint density at radius 3 is 1.67 bits per heavy atom. The molecule has 0 saturated heterocycles. The first-order valence-electron chi connectivity index (χ1n) is 20.0. The maximum Gasteiger partial charge on any atom is 0.238 e. The first-order chi connectivity index (χ1) is 28.5. The Bertz CT molecular complexity index is 3410. The van der Waals surface area contributed by atoms with Gasteiger partial charge in [-0.25, -0.2) is 4.98 Å². The third-order valence-electron chi connectivity index (χ3n) is 12.4. The molecule has 4 nitrogen and oxygen atoms in total. The van der Waals surface area contributed by atoms with E-state index >= 15 is 0 Å². The molecular formula is C54H36N4. The van der Waals surface area contributed by atoms with Gasteiger partial charge in [0.25, 0.3) is 0 Å². The molecule has 0 bridgehead atoms. The number of aromatic nitrogens is 4. The largest absolute Gasteiger partial charge is 0.277 e. The molecule has 0 spiro atoms. The van der Waals surface area contributed by atoms with Crippen molar-refractivity contribution in [3.05, 3.63) is 193 Å². The molecule has 0 atom stereocenters. The van der Waals surface area contributed by atoms with E-state index in [1.54, 1.807) is 0 Å². The van der Waals surface area contributed by atoms with E-state index < -0.39 is 0 Å². The fraction of sp³-hybridized carbons (Fsp3) is 0.0556. The van der Waals surface area contributed by atoms with Gasteiger partial charge in [0.2, 0.25) is 5.95 Å². The highest BCUT2D eigenvalue weighted by Crippen LogP contribution is 2.53. The first-order valence-corrected chi connectivity index (χ1v) is 20.0. The van der Waals surface area contributed by atoms with E-state index in [-0.39, 0.29) is 5.41 Å². The van der Waals surface area contributed by atoms with Crippen LogP contribution < -0.4 is 0 Å². The molecule has 1 aliphatic carbocycles. The van der Waals surface area contributed by atoms with E-state index in [0.717, 1.165) is 44.1 Å². The van der Waals surface area contributed by atoms with Gasteiger partial charge in [0.05, 0.1) is 11.0 Å².